The monoisotopic (exact) mass is 357 g/mol. The van der Waals surface area contributed by atoms with Gasteiger partial charge in [-0.3, -0.25) is 4.79 Å². The zero-order valence-corrected chi connectivity index (χ0v) is 15.7. The molecule has 1 aliphatic heterocycles. The highest BCUT2D eigenvalue weighted by atomic mass is 16.5. The van der Waals surface area contributed by atoms with Crippen LogP contribution >= 0.6 is 0 Å². The molecule has 0 aliphatic carbocycles. The van der Waals surface area contributed by atoms with E-state index in [1.165, 1.54) is 5.56 Å². The molecule has 0 aromatic heterocycles. The number of fused-ring (bicyclic) bond motifs is 1. The normalized spacial score (nSPS) is 15.7. The summed E-state index contributed by atoms with van der Waals surface area (Å²) in [6.45, 7) is 2.67. The third-order valence-electron chi connectivity index (χ3n) is 5.21. The van der Waals surface area contributed by atoms with Gasteiger partial charge in [0.15, 0.2) is 0 Å². The largest absolute Gasteiger partial charge is 0.496 e. The first-order valence-electron chi connectivity index (χ1n) is 9.25. The Balaban J connectivity index is 1.70. The van der Waals surface area contributed by atoms with E-state index in [0.717, 1.165) is 28.1 Å². The van der Waals surface area contributed by atoms with Gasteiger partial charge in [0.1, 0.15) is 5.75 Å². The Morgan fingerprint density at radius 3 is 2.48 bits per heavy atom. The number of carbonyl (C=O) groups is 1. The molecule has 0 bridgehead atoms. The molecule has 3 heteroatoms. The van der Waals surface area contributed by atoms with Gasteiger partial charge in [-0.05, 0) is 42.2 Å². The minimum atomic E-state index is -0.181. The van der Waals surface area contributed by atoms with E-state index in [9.17, 15) is 4.79 Å². The Hall–Kier alpha value is -3.07. The summed E-state index contributed by atoms with van der Waals surface area (Å²) >= 11 is 0. The maximum Gasteiger partial charge on any atom is 0.235 e. The van der Waals surface area contributed by atoms with E-state index in [4.69, 9.17) is 4.74 Å². The maximum atomic E-state index is 13.4. The number of hydrogen-bond donors (Lipinski definition) is 0. The van der Waals surface area contributed by atoms with Gasteiger partial charge in [0.25, 0.3) is 0 Å². The number of anilines is 1. The van der Waals surface area contributed by atoms with Crippen molar-refractivity contribution >= 4 is 11.6 Å². The molecule has 0 fully saturated rings. The predicted molar refractivity (Wildman–Crippen MR) is 108 cm³/mol. The number of hydrogen-bond acceptors (Lipinski definition) is 2. The molecule has 0 saturated carbocycles. The highest BCUT2D eigenvalue weighted by molar-refractivity contribution is 6.05. The van der Waals surface area contributed by atoms with E-state index in [1.807, 2.05) is 47.4 Å². The lowest BCUT2D eigenvalue weighted by Gasteiger charge is -2.18. The molecule has 0 radical (unpaired) electrons. The lowest BCUT2D eigenvalue weighted by Crippen LogP contribution is -2.29. The molecule has 1 atom stereocenters. The third-order valence-corrected chi connectivity index (χ3v) is 5.21. The zero-order valence-electron chi connectivity index (χ0n) is 15.7. The first kappa shape index (κ1) is 17.3. The van der Waals surface area contributed by atoms with E-state index < -0.39 is 0 Å². The summed E-state index contributed by atoms with van der Waals surface area (Å²) in [5, 5.41) is 0. The van der Waals surface area contributed by atoms with Gasteiger partial charge in [-0.2, -0.15) is 0 Å². The second-order valence-electron chi connectivity index (χ2n) is 7.04. The summed E-state index contributed by atoms with van der Waals surface area (Å²) in [5.74, 6) is 0.811. The predicted octanol–water partition coefficient (Wildman–Crippen LogP) is 4.88. The van der Waals surface area contributed by atoms with Crippen molar-refractivity contribution in [1.82, 2.24) is 0 Å². The van der Waals surface area contributed by atoms with Gasteiger partial charge in [-0.25, -0.2) is 0 Å². The minimum absolute atomic E-state index is 0.158. The van der Waals surface area contributed by atoms with Crippen LogP contribution in [0.25, 0.3) is 0 Å². The van der Waals surface area contributed by atoms with Crippen molar-refractivity contribution in [3.05, 3.63) is 95.1 Å². The van der Waals surface area contributed by atoms with Crippen LogP contribution in [0, 0.1) is 6.92 Å². The van der Waals surface area contributed by atoms with Crippen molar-refractivity contribution in [2.45, 2.75) is 25.8 Å². The van der Waals surface area contributed by atoms with Crippen LogP contribution in [0.3, 0.4) is 0 Å². The van der Waals surface area contributed by atoms with Crippen LogP contribution in [0.1, 0.15) is 28.2 Å². The maximum absolute atomic E-state index is 13.4. The second kappa shape index (κ2) is 7.28. The van der Waals surface area contributed by atoms with Crippen molar-refractivity contribution in [2.24, 2.45) is 0 Å². The van der Waals surface area contributed by atoms with Gasteiger partial charge in [0, 0.05) is 5.69 Å². The van der Waals surface area contributed by atoms with E-state index in [2.05, 4.69) is 37.3 Å². The molecule has 3 aromatic carbocycles. The minimum Gasteiger partial charge on any atom is -0.496 e. The van der Waals surface area contributed by atoms with Crippen molar-refractivity contribution < 1.29 is 9.53 Å². The average molecular weight is 357 g/mol. The number of ether oxygens (including phenoxy) is 1. The Labute approximate surface area is 160 Å². The van der Waals surface area contributed by atoms with Crippen LogP contribution in [0.5, 0.6) is 5.75 Å². The van der Waals surface area contributed by atoms with E-state index in [0.29, 0.717) is 13.0 Å². The Morgan fingerprint density at radius 2 is 1.70 bits per heavy atom. The molecule has 1 amide bonds. The molecule has 0 saturated heterocycles. The second-order valence-corrected chi connectivity index (χ2v) is 7.04. The summed E-state index contributed by atoms with van der Waals surface area (Å²) in [5.41, 5.74) is 5.51. The molecule has 4 rings (SSSR count). The summed E-state index contributed by atoms with van der Waals surface area (Å²) in [4.78, 5) is 15.3. The van der Waals surface area contributed by atoms with Gasteiger partial charge in [0.05, 0.1) is 19.6 Å². The lowest BCUT2D eigenvalue weighted by atomic mass is 9.92. The quantitative estimate of drug-likeness (QED) is 0.651. The third kappa shape index (κ3) is 3.33. The highest BCUT2D eigenvalue weighted by Crippen LogP contribution is 2.41. The van der Waals surface area contributed by atoms with Gasteiger partial charge < -0.3 is 9.64 Å². The number of carbonyl (C=O) groups excluding carboxylic acids is 1. The molecule has 3 aromatic rings. The van der Waals surface area contributed by atoms with Gasteiger partial charge >= 0.3 is 0 Å². The molecule has 0 N–H and O–H groups in total. The number of methoxy groups -OCH3 is 1. The number of para-hydroxylation sites is 1. The van der Waals surface area contributed by atoms with Crippen molar-refractivity contribution in [3.8, 4) is 5.75 Å². The standard InChI is InChI=1S/C24H23NO2/c1-17-12-13-22-20(14-17)21(15-19-10-6-7-11-23(19)27-2)24(26)25(22)16-18-8-4-3-5-9-18/h3-14,21H,15-16H2,1-2H3. The van der Waals surface area contributed by atoms with Crippen LogP contribution in [-0.2, 0) is 17.8 Å². The van der Waals surface area contributed by atoms with E-state index in [-0.39, 0.29) is 11.8 Å². The van der Waals surface area contributed by atoms with Gasteiger partial charge in [-0.1, -0.05) is 66.2 Å². The zero-order chi connectivity index (χ0) is 18.8. The smallest absolute Gasteiger partial charge is 0.235 e. The van der Waals surface area contributed by atoms with E-state index in [1.54, 1.807) is 7.11 Å². The molecule has 27 heavy (non-hydrogen) atoms. The van der Waals surface area contributed by atoms with Crippen LogP contribution in [0.2, 0.25) is 0 Å². The fraction of sp³-hybridized carbons (Fsp3) is 0.208. The number of nitrogens with zero attached hydrogens (tertiary/aromatic N) is 1. The molecule has 1 heterocycles. The first-order valence-corrected chi connectivity index (χ1v) is 9.25. The van der Waals surface area contributed by atoms with Crippen molar-refractivity contribution in [1.29, 1.82) is 0 Å². The molecule has 3 nitrogen and oxygen atoms in total. The van der Waals surface area contributed by atoms with Gasteiger partial charge in [0.2, 0.25) is 5.91 Å². The number of amides is 1. The van der Waals surface area contributed by atoms with Crippen molar-refractivity contribution in [3.63, 3.8) is 0 Å². The Morgan fingerprint density at radius 1 is 0.963 bits per heavy atom. The molecular weight excluding hydrogens is 334 g/mol. The average Bonchev–Trinajstić information content (AvgIpc) is 2.94. The highest BCUT2D eigenvalue weighted by Gasteiger charge is 2.37. The summed E-state index contributed by atoms with van der Waals surface area (Å²) < 4.78 is 5.50. The summed E-state index contributed by atoms with van der Waals surface area (Å²) in [6.07, 6.45) is 0.643. The van der Waals surface area contributed by atoms with Crippen LogP contribution in [-0.4, -0.2) is 13.0 Å². The fourth-order valence-electron chi connectivity index (χ4n) is 3.86. The number of rotatable bonds is 5. The number of benzene rings is 3. The topological polar surface area (TPSA) is 29.5 Å². The van der Waals surface area contributed by atoms with Crippen LogP contribution in [0.4, 0.5) is 5.69 Å². The summed E-state index contributed by atoms with van der Waals surface area (Å²) in [7, 11) is 1.68. The van der Waals surface area contributed by atoms with Crippen LogP contribution in [0.15, 0.2) is 72.8 Å². The molecular formula is C24H23NO2. The Kier molecular flexibility index (Phi) is 4.68. The lowest BCUT2D eigenvalue weighted by molar-refractivity contribution is -0.119. The van der Waals surface area contributed by atoms with Gasteiger partial charge in [-0.15, -0.1) is 0 Å². The first-order chi connectivity index (χ1) is 13.2. The van der Waals surface area contributed by atoms with E-state index >= 15 is 0 Å². The molecule has 0 spiro atoms. The molecule has 1 unspecified atom stereocenters. The fourth-order valence-corrected chi connectivity index (χ4v) is 3.86. The van der Waals surface area contributed by atoms with Crippen LogP contribution < -0.4 is 9.64 Å². The number of aryl methyl sites for hydroxylation is 1. The molecule has 136 valence electrons. The SMILES string of the molecule is COc1ccccc1CC1C(=O)N(Cc2ccccc2)c2ccc(C)cc21. The molecule has 1 aliphatic rings. The van der Waals surface area contributed by atoms with Crippen molar-refractivity contribution in [2.75, 3.05) is 12.0 Å². The summed E-state index contributed by atoms with van der Waals surface area (Å²) in [6, 6.07) is 24.4. The Bertz CT molecular complexity index is 965.